The molecule has 0 aliphatic carbocycles. The molecular weight excluding hydrogens is 172 g/mol. The fourth-order valence-electron chi connectivity index (χ4n) is 1.32. The van der Waals surface area contributed by atoms with Crippen molar-refractivity contribution in [1.29, 1.82) is 0 Å². The molecule has 0 amide bonds. The van der Waals surface area contributed by atoms with Crippen LogP contribution >= 0.6 is 0 Å². The van der Waals surface area contributed by atoms with Crippen LogP contribution in [0, 0.1) is 6.92 Å². The quantitative estimate of drug-likeness (QED) is 0.693. The zero-order chi connectivity index (χ0) is 10.4. The van der Waals surface area contributed by atoms with E-state index in [1.807, 2.05) is 6.92 Å². The summed E-state index contributed by atoms with van der Waals surface area (Å²) in [7, 11) is 0. The molecular formula is C12H20N2. The lowest BCUT2D eigenvalue weighted by molar-refractivity contribution is 0.609. The van der Waals surface area contributed by atoms with Crippen molar-refractivity contribution in [1.82, 2.24) is 5.32 Å². The van der Waals surface area contributed by atoms with Gasteiger partial charge in [-0.1, -0.05) is 29.8 Å². The smallest absolute Gasteiger partial charge is 0.0136 e. The van der Waals surface area contributed by atoms with E-state index < -0.39 is 0 Å². The minimum Gasteiger partial charge on any atom is -0.327 e. The molecule has 2 nitrogen and oxygen atoms in total. The van der Waals surface area contributed by atoms with Crippen LogP contribution in [0.4, 0.5) is 0 Å². The van der Waals surface area contributed by atoms with Gasteiger partial charge in [0.2, 0.25) is 0 Å². The van der Waals surface area contributed by atoms with Gasteiger partial charge < -0.3 is 11.1 Å². The first kappa shape index (κ1) is 11.2. The molecule has 0 bridgehead atoms. The zero-order valence-corrected chi connectivity index (χ0v) is 9.09. The molecule has 0 heterocycles. The molecule has 1 atom stereocenters. The van der Waals surface area contributed by atoms with E-state index in [4.69, 9.17) is 5.73 Å². The maximum absolute atomic E-state index is 5.63. The van der Waals surface area contributed by atoms with Crippen LogP contribution in [-0.2, 0) is 6.42 Å². The molecule has 0 aliphatic heterocycles. The van der Waals surface area contributed by atoms with Crippen molar-refractivity contribution in [3.63, 3.8) is 0 Å². The van der Waals surface area contributed by atoms with Gasteiger partial charge in [-0.3, -0.25) is 0 Å². The van der Waals surface area contributed by atoms with Gasteiger partial charge in [0.15, 0.2) is 0 Å². The van der Waals surface area contributed by atoms with Crippen LogP contribution in [0.3, 0.4) is 0 Å². The molecule has 14 heavy (non-hydrogen) atoms. The normalized spacial score (nSPS) is 12.8. The summed E-state index contributed by atoms with van der Waals surface area (Å²) < 4.78 is 0. The summed E-state index contributed by atoms with van der Waals surface area (Å²) in [5.41, 5.74) is 8.33. The van der Waals surface area contributed by atoms with E-state index in [1.54, 1.807) is 0 Å². The van der Waals surface area contributed by atoms with Crippen molar-refractivity contribution < 1.29 is 0 Å². The average Bonchev–Trinajstić information content (AvgIpc) is 2.15. The Bertz CT molecular complexity index is 252. The number of nitrogens with two attached hydrogens (primary N) is 1. The maximum Gasteiger partial charge on any atom is 0.0136 e. The summed E-state index contributed by atoms with van der Waals surface area (Å²) in [4.78, 5) is 0. The summed E-state index contributed by atoms with van der Waals surface area (Å²) >= 11 is 0. The number of benzene rings is 1. The molecule has 0 aromatic heterocycles. The molecule has 1 aromatic rings. The van der Waals surface area contributed by atoms with E-state index in [9.17, 15) is 0 Å². The minimum atomic E-state index is 0.244. The van der Waals surface area contributed by atoms with Crippen LogP contribution in [0.5, 0.6) is 0 Å². The van der Waals surface area contributed by atoms with Gasteiger partial charge in [0, 0.05) is 12.6 Å². The number of aryl methyl sites for hydroxylation is 1. The Kier molecular flexibility index (Phi) is 4.63. The monoisotopic (exact) mass is 192 g/mol. The van der Waals surface area contributed by atoms with Crippen LogP contribution in [-0.4, -0.2) is 19.1 Å². The lowest BCUT2D eigenvalue weighted by atomic mass is 10.1. The highest BCUT2D eigenvalue weighted by molar-refractivity contribution is 5.21. The van der Waals surface area contributed by atoms with Gasteiger partial charge in [0.25, 0.3) is 0 Å². The second-order valence-electron chi connectivity index (χ2n) is 3.92. The SMILES string of the molecule is Cc1ccc(CCNCC(C)N)cc1. The van der Waals surface area contributed by atoms with E-state index in [1.165, 1.54) is 11.1 Å². The molecule has 1 unspecified atom stereocenters. The Labute approximate surface area is 86.5 Å². The summed E-state index contributed by atoms with van der Waals surface area (Å²) in [6.07, 6.45) is 1.08. The molecule has 3 N–H and O–H groups in total. The summed E-state index contributed by atoms with van der Waals surface area (Å²) in [6.45, 7) is 6.02. The topological polar surface area (TPSA) is 38.0 Å². The van der Waals surface area contributed by atoms with E-state index in [0.29, 0.717) is 0 Å². The van der Waals surface area contributed by atoms with Crippen LogP contribution < -0.4 is 11.1 Å². The zero-order valence-electron chi connectivity index (χ0n) is 9.09. The van der Waals surface area contributed by atoms with E-state index in [-0.39, 0.29) is 6.04 Å². The highest BCUT2D eigenvalue weighted by atomic mass is 14.9. The van der Waals surface area contributed by atoms with Gasteiger partial charge in [-0.2, -0.15) is 0 Å². The predicted molar refractivity (Wildman–Crippen MR) is 61.4 cm³/mol. The van der Waals surface area contributed by atoms with Crippen molar-refractivity contribution in [2.24, 2.45) is 5.73 Å². The lowest BCUT2D eigenvalue weighted by Crippen LogP contribution is -2.32. The van der Waals surface area contributed by atoms with Gasteiger partial charge in [-0.15, -0.1) is 0 Å². The van der Waals surface area contributed by atoms with Gasteiger partial charge in [-0.05, 0) is 32.4 Å². The van der Waals surface area contributed by atoms with Crippen molar-refractivity contribution in [2.45, 2.75) is 26.3 Å². The standard InChI is InChI=1S/C12H20N2/c1-10-3-5-12(6-4-10)7-8-14-9-11(2)13/h3-6,11,14H,7-9,13H2,1-2H3. The van der Waals surface area contributed by atoms with Crippen LogP contribution in [0.25, 0.3) is 0 Å². The van der Waals surface area contributed by atoms with E-state index in [0.717, 1.165) is 19.5 Å². The number of hydrogen-bond acceptors (Lipinski definition) is 2. The fourth-order valence-corrected chi connectivity index (χ4v) is 1.32. The molecule has 0 saturated heterocycles. The lowest BCUT2D eigenvalue weighted by Gasteiger charge is -2.07. The van der Waals surface area contributed by atoms with Crippen molar-refractivity contribution in [2.75, 3.05) is 13.1 Å². The van der Waals surface area contributed by atoms with Crippen molar-refractivity contribution in [3.8, 4) is 0 Å². The second kappa shape index (κ2) is 5.78. The molecule has 0 saturated carbocycles. The van der Waals surface area contributed by atoms with Gasteiger partial charge in [-0.25, -0.2) is 0 Å². The van der Waals surface area contributed by atoms with Crippen molar-refractivity contribution >= 4 is 0 Å². The number of nitrogens with one attached hydrogen (secondary N) is 1. The first-order valence-electron chi connectivity index (χ1n) is 5.20. The van der Waals surface area contributed by atoms with Crippen LogP contribution in [0.15, 0.2) is 24.3 Å². The first-order valence-corrected chi connectivity index (χ1v) is 5.20. The molecule has 1 rings (SSSR count). The third kappa shape index (κ3) is 4.40. The summed E-state index contributed by atoms with van der Waals surface area (Å²) in [5, 5.41) is 3.32. The van der Waals surface area contributed by atoms with E-state index >= 15 is 0 Å². The minimum absolute atomic E-state index is 0.244. The average molecular weight is 192 g/mol. The highest BCUT2D eigenvalue weighted by Gasteiger charge is 1.94. The Hall–Kier alpha value is -0.860. The Balaban J connectivity index is 2.21. The predicted octanol–water partition coefficient (Wildman–Crippen LogP) is 1.47. The van der Waals surface area contributed by atoms with E-state index in [2.05, 4.69) is 36.5 Å². The van der Waals surface area contributed by atoms with Gasteiger partial charge in [0.05, 0.1) is 0 Å². The molecule has 1 aromatic carbocycles. The third-order valence-electron chi connectivity index (χ3n) is 2.18. The Morgan fingerprint density at radius 2 is 1.93 bits per heavy atom. The first-order chi connectivity index (χ1) is 6.68. The third-order valence-corrected chi connectivity index (χ3v) is 2.18. The molecule has 0 radical (unpaired) electrons. The second-order valence-corrected chi connectivity index (χ2v) is 3.92. The fraction of sp³-hybridized carbons (Fsp3) is 0.500. The van der Waals surface area contributed by atoms with Crippen LogP contribution in [0.1, 0.15) is 18.1 Å². The molecule has 78 valence electrons. The maximum atomic E-state index is 5.63. The molecule has 2 heteroatoms. The molecule has 0 spiro atoms. The largest absolute Gasteiger partial charge is 0.327 e. The van der Waals surface area contributed by atoms with Gasteiger partial charge >= 0.3 is 0 Å². The Morgan fingerprint density at radius 1 is 1.29 bits per heavy atom. The number of hydrogen-bond donors (Lipinski definition) is 2. The summed E-state index contributed by atoms with van der Waals surface area (Å²) in [5.74, 6) is 0. The summed E-state index contributed by atoms with van der Waals surface area (Å²) in [6, 6.07) is 8.92. The Morgan fingerprint density at radius 3 is 2.50 bits per heavy atom. The van der Waals surface area contributed by atoms with Crippen LogP contribution in [0.2, 0.25) is 0 Å². The number of rotatable bonds is 5. The highest BCUT2D eigenvalue weighted by Crippen LogP contribution is 2.02. The molecule has 0 fully saturated rings. The molecule has 0 aliphatic rings. The van der Waals surface area contributed by atoms with Gasteiger partial charge in [0.1, 0.15) is 0 Å². The van der Waals surface area contributed by atoms with Crippen molar-refractivity contribution in [3.05, 3.63) is 35.4 Å².